The van der Waals surface area contributed by atoms with E-state index in [1.807, 2.05) is 4.90 Å². The minimum Gasteiger partial charge on any atom is -0.506 e. The maximum absolute atomic E-state index is 13.4. The van der Waals surface area contributed by atoms with Crippen LogP contribution >= 0.6 is 15.9 Å². The predicted octanol–water partition coefficient (Wildman–Crippen LogP) is 4.65. The normalized spacial score (nSPS) is 15.2. The fourth-order valence-corrected chi connectivity index (χ4v) is 6.45. The van der Waals surface area contributed by atoms with E-state index in [4.69, 9.17) is 9.47 Å². The molecule has 0 atom stereocenters. The summed E-state index contributed by atoms with van der Waals surface area (Å²) in [7, 11) is -2.77. The molecule has 0 radical (unpaired) electrons. The lowest BCUT2D eigenvalue weighted by Crippen LogP contribution is -2.35. The molecule has 8 nitrogen and oxygen atoms in total. The molecule has 1 N–H and O–H groups in total. The lowest BCUT2D eigenvalue weighted by Gasteiger charge is -2.27. The van der Waals surface area contributed by atoms with Gasteiger partial charge in [0.2, 0.25) is 0 Å². The Labute approximate surface area is 226 Å². The summed E-state index contributed by atoms with van der Waals surface area (Å²) in [4.78, 5) is 14.7. The van der Waals surface area contributed by atoms with Crippen LogP contribution in [-0.2, 0) is 44.8 Å². The number of nitrogens with zero attached hydrogens (tertiary/aromatic N) is 2. The van der Waals surface area contributed by atoms with Gasteiger partial charge in [-0.1, -0.05) is 6.07 Å². The first kappa shape index (κ1) is 28.4. The molecule has 0 aliphatic carbocycles. The van der Waals surface area contributed by atoms with Gasteiger partial charge in [0.05, 0.1) is 51.6 Å². The molecule has 2 heterocycles. The van der Waals surface area contributed by atoms with Crippen LogP contribution in [-0.4, -0.2) is 61.9 Å². The first-order chi connectivity index (χ1) is 17.8. The number of hydrogen-bond acceptors (Lipinski definition) is 7. The van der Waals surface area contributed by atoms with Gasteiger partial charge in [0, 0.05) is 43.3 Å². The van der Waals surface area contributed by atoms with Crippen molar-refractivity contribution in [2.75, 3.05) is 32.9 Å². The summed E-state index contributed by atoms with van der Waals surface area (Å²) in [5.41, 5.74) is -0.252. The molecule has 3 aromatic rings. The summed E-state index contributed by atoms with van der Waals surface area (Å²) in [6.07, 6.45) is -4.72. The molecule has 0 saturated carbocycles. The minimum atomic E-state index is -4.72. The van der Waals surface area contributed by atoms with Gasteiger partial charge >= 0.3 is 12.1 Å². The van der Waals surface area contributed by atoms with Crippen molar-refractivity contribution in [1.29, 1.82) is 0 Å². The number of rotatable bonds is 7. The molecular formula is C25H26BrF3N2O6S. The zero-order valence-electron chi connectivity index (χ0n) is 20.6. The van der Waals surface area contributed by atoms with E-state index < -0.39 is 38.2 Å². The topological polar surface area (TPSA) is 98.1 Å². The quantitative estimate of drug-likeness (QED) is 0.385. The third-order valence-electron chi connectivity index (χ3n) is 6.45. The van der Waals surface area contributed by atoms with E-state index in [2.05, 4.69) is 15.9 Å². The van der Waals surface area contributed by atoms with Gasteiger partial charge in [-0.2, -0.15) is 13.2 Å². The molecule has 0 amide bonds. The zero-order chi connectivity index (χ0) is 27.8. The Morgan fingerprint density at radius 2 is 1.89 bits per heavy atom. The number of sulfone groups is 1. The first-order valence-electron chi connectivity index (χ1n) is 11.7. The number of carbonyl (C=O) groups excluding carboxylic acids is 1. The van der Waals surface area contributed by atoms with E-state index in [1.165, 1.54) is 4.57 Å². The average molecular weight is 619 g/mol. The Morgan fingerprint density at radius 3 is 2.53 bits per heavy atom. The number of aromatic hydroxyl groups is 1. The number of esters is 1. The van der Waals surface area contributed by atoms with Crippen LogP contribution in [0.25, 0.3) is 10.9 Å². The second-order valence-electron chi connectivity index (χ2n) is 8.85. The molecule has 1 aromatic heterocycles. The molecule has 4 rings (SSSR count). The Hall–Kier alpha value is -2.61. The van der Waals surface area contributed by atoms with Crippen LogP contribution in [0, 0.1) is 0 Å². The highest BCUT2D eigenvalue weighted by Gasteiger charge is 2.34. The minimum absolute atomic E-state index is 0.0103. The summed E-state index contributed by atoms with van der Waals surface area (Å²) < 4.78 is 79.0. The standard InChI is InChI=1S/C25H26BrF3N2O6S/c1-3-37-24(33)22-20(14-38(34,35)16-6-4-5-15(11-16)25(27,28)29)30(2)19-12-18(26)23(32)17(21(19)22)13-31-7-9-36-10-8-31/h4-6,11-12,32H,3,7-10,13-14H2,1-2H3. The van der Waals surface area contributed by atoms with Crippen LogP contribution < -0.4 is 0 Å². The molecule has 13 heteroatoms. The van der Waals surface area contributed by atoms with Crippen LogP contribution in [0.1, 0.15) is 34.1 Å². The van der Waals surface area contributed by atoms with Crippen LogP contribution in [0.5, 0.6) is 5.75 Å². The number of carbonyl (C=O) groups is 1. The van der Waals surface area contributed by atoms with Crippen molar-refractivity contribution in [3.8, 4) is 5.75 Å². The summed E-state index contributed by atoms with van der Waals surface area (Å²) in [5, 5.41) is 11.3. The highest BCUT2D eigenvalue weighted by molar-refractivity contribution is 9.10. The maximum Gasteiger partial charge on any atom is 0.416 e. The van der Waals surface area contributed by atoms with Gasteiger partial charge in [-0.15, -0.1) is 0 Å². The fourth-order valence-electron chi connectivity index (χ4n) is 4.54. The Morgan fingerprint density at radius 1 is 1.21 bits per heavy atom. The fraction of sp³-hybridized carbons (Fsp3) is 0.400. The number of aromatic nitrogens is 1. The number of hydrogen-bond donors (Lipinski definition) is 1. The number of halogens is 4. The van der Waals surface area contributed by atoms with Crippen LogP contribution in [0.3, 0.4) is 0 Å². The lowest BCUT2D eigenvalue weighted by molar-refractivity contribution is -0.137. The van der Waals surface area contributed by atoms with Gasteiger partial charge in [0.25, 0.3) is 0 Å². The largest absolute Gasteiger partial charge is 0.506 e. The molecular weight excluding hydrogens is 593 g/mol. The Balaban J connectivity index is 1.91. The van der Waals surface area contributed by atoms with Gasteiger partial charge in [0.15, 0.2) is 9.84 Å². The summed E-state index contributed by atoms with van der Waals surface area (Å²) in [6, 6.07) is 5.05. The summed E-state index contributed by atoms with van der Waals surface area (Å²) >= 11 is 3.34. The highest BCUT2D eigenvalue weighted by atomic mass is 79.9. The maximum atomic E-state index is 13.4. The number of aryl methyl sites for hydroxylation is 1. The van der Waals surface area contributed by atoms with Gasteiger partial charge in [0.1, 0.15) is 5.75 Å². The SMILES string of the molecule is CCOC(=O)c1c(CS(=O)(=O)c2cccc(C(F)(F)F)c2)n(C)c2cc(Br)c(O)c(CN3CCOCC3)c12. The third-order valence-corrected chi connectivity index (χ3v) is 8.68. The Kier molecular flexibility index (Phi) is 8.12. The molecule has 2 aromatic carbocycles. The van der Waals surface area contributed by atoms with Gasteiger partial charge in [-0.05, 0) is 47.1 Å². The van der Waals surface area contributed by atoms with E-state index in [9.17, 15) is 31.5 Å². The molecule has 1 saturated heterocycles. The molecule has 1 aliphatic heterocycles. The van der Waals surface area contributed by atoms with E-state index >= 15 is 0 Å². The number of morpholine rings is 1. The number of ether oxygens (including phenoxy) is 2. The van der Waals surface area contributed by atoms with Gasteiger partial charge in [-0.3, -0.25) is 4.90 Å². The Bertz CT molecular complexity index is 1480. The van der Waals surface area contributed by atoms with E-state index in [-0.39, 0.29) is 30.2 Å². The smallest absolute Gasteiger partial charge is 0.416 e. The second-order valence-corrected chi connectivity index (χ2v) is 11.7. The highest BCUT2D eigenvalue weighted by Crippen LogP contribution is 2.41. The van der Waals surface area contributed by atoms with Crippen LogP contribution in [0.2, 0.25) is 0 Å². The van der Waals surface area contributed by atoms with Crippen molar-refractivity contribution in [3.05, 3.63) is 57.2 Å². The first-order valence-corrected chi connectivity index (χ1v) is 14.2. The summed E-state index contributed by atoms with van der Waals surface area (Å²) in [5.74, 6) is -1.66. The number of alkyl halides is 3. The summed E-state index contributed by atoms with van der Waals surface area (Å²) in [6.45, 7) is 4.04. The second kappa shape index (κ2) is 10.9. The van der Waals surface area contributed by atoms with Crippen molar-refractivity contribution in [3.63, 3.8) is 0 Å². The molecule has 0 unspecified atom stereocenters. The molecule has 206 valence electrons. The number of fused-ring (bicyclic) bond motifs is 1. The van der Waals surface area contributed by atoms with Crippen LogP contribution in [0.4, 0.5) is 13.2 Å². The zero-order valence-corrected chi connectivity index (χ0v) is 23.0. The number of benzene rings is 2. The molecule has 0 bridgehead atoms. The third kappa shape index (κ3) is 5.56. The van der Waals surface area contributed by atoms with Crippen molar-refractivity contribution < 1.29 is 41.0 Å². The predicted molar refractivity (Wildman–Crippen MR) is 137 cm³/mol. The molecule has 1 fully saturated rings. The van der Waals surface area contributed by atoms with Crippen LogP contribution in [0.15, 0.2) is 39.7 Å². The molecule has 0 spiro atoms. The molecule has 1 aliphatic rings. The van der Waals surface area contributed by atoms with Gasteiger partial charge < -0.3 is 19.1 Å². The number of phenolic OH excluding ortho intramolecular Hbond substituents is 1. The van der Waals surface area contributed by atoms with Gasteiger partial charge in [-0.25, -0.2) is 13.2 Å². The molecule has 38 heavy (non-hydrogen) atoms. The van der Waals surface area contributed by atoms with E-state index in [0.717, 1.165) is 18.2 Å². The van der Waals surface area contributed by atoms with Crippen molar-refractivity contribution in [2.24, 2.45) is 7.05 Å². The van der Waals surface area contributed by atoms with Crippen molar-refractivity contribution in [2.45, 2.75) is 30.3 Å². The van der Waals surface area contributed by atoms with E-state index in [0.29, 0.717) is 53.3 Å². The number of phenols is 1. The monoisotopic (exact) mass is 618 g/mol. The van der Waals surface area contributed by atoms with Crippen molar-refractivity contribution in [1.82, 2.24) is 9.47 Å². The van der Waals surface area contributed by atoms with Crippen molar-refractivity contribution >= 4 is 42.6 Å². The average Bonchev–Trinajstić information content (AvgIpc) is 3.13. The lowest BCUT2D eigenvalue weighted by atomic mass is 10.0. The van der Waals surface area contributed by atoms with E-state index in [1.54, 1.807) is 20.0 Å².